The van der Waals surface area contributed by atoms with Crippen molar-refractivity contribution in [3.8, 4) is 0 Å². The summed E-state index contributed by atoms with van der Waals surface area (Å²) in [6, 6.07) is 8.71. The van der Waals surface area contributed by atoms with Gasteiger partial charge in [0.15, 0.2) is 0 Å². The maximum absolute atomic E-state index is 4.08. The van der Waals surface area contributed by atoms with Crippen LogP contribution in [0.15, 0.2) is 29.2 Å². The van der Waals surface area contributed by atoms with Crippen LogP contribution in [0.5, 0.6) is 0 Å². The molecule has 0 heterocycles. The monoisotopic (exact) mass is 213 g/mol. The van der Waals surface area contributed by atoms with Crippen LogP contribution in [0.25, 0.3) is 0 Å². The zero-order valence-corrected chi connectivity index (χ0v) is 9.50. The molecule has 1 N–H and O–H groups in total. The summed E-state index contributed by atoms with van der Waals surface area (Å²) in [5, 5.41) is 3.18. The lowest BCUT2D eigenvalue weighted by Crippen LogP contribution is -2.14. The first-order valence-corrected chi connectivity index (χ1v) is 6.17. The largest absolute Gasteiger partial charge is 0.308 e. The number of thiol groups is 1. The van der Waals surface area contributed by atoms with Crippen LogP contribution in [-0.4, -0.2) is 18.7 Å². The van der Waals surface area contributed by atoms with Crippen molar-refractivity contribution in [1.29, 1.82) is 0 Å². The summed E-state index contributed by atoms with van der Waals surface area (Å²) in [7, 11) is 0. The summed E-state index contributed by atoms with van der Waals surface area (Å²) < 4.78 is 0. The lowest BCUT2D eigenvalue weighted by molar-refractivity contribution is 0.776. The maximum atomic E-state index is 4.08. The summed E-state index contributed by atoms with van der Waals surface area (Å²) in [4.78, 5) is 1.32. The van der Waals surface area contributed by atoms with Gasteiger partial charge in [0.1, 0.15) is 0 Å². The van der Waals surface area contributed by atoms with Crippen molar-refractivity contribution in [2.45, 2.75) is 11.3 Å². The first kappa shape index (κ1) is 11.0. The van der Waals surface area contributed by atoms with Crippen LogP contribution in [0.4, 0.5) is 0 Å². The molecule has 0 radical (unpaired) electrons. The van der Waals surface area contributed by atoms with Crippen LogP contribution < -0.4 is 5.32 Å². The predicted molar refractivity (Wildman–Crippen MR) is 63.8 cm³/mol. The van der Waals surface area contributed by atoms with Crippen molar-refractivity contribution in [1.82, 2.24) is 5.32 Å². The number of nitrogens with one attached hydrogen (secondary N) is 1. The molecule has 1 nitrogen and oxygen atoms in total. The second-order valence-corrected chi connectivity index (χ2v) is 3.95. The third-order valence-corrected chi connectivity index (χ3v) is 2.83. The lowest BCUT2D eigenvalue weighted by atomic mass is 10.1. The average molecular weight is 213 g/mol. The standard InChI is InChI=1S/C10H15NS2/c1-13-10-4-2-9(3-5-10)6-7-11-8-12/h2-5,11-12H,6-8H2,1H3. The Bertz CT molecular complexity index is 233. The molecular formula is C10H15NS2. The zero-order valence-electron chi connectivity index (χ0n) is 7.79. The van der Waals surface area contributed by atoms with E-state index >= 15 is 0 Å². The average Bonchev–Trinajstić information content (AvgIpc) is 2.19. The topological polar surface area (TPSA) is 12.0 Å². The quantitative estimate of drug-likeness (QED) is 0.337. The molecule has 1 rings (SSSR count). The molecule has 0 bridgehead atoms. The fourth-order valence-corrected chi connectivity index (χ4v) is 1.67. The number of hydrogen-bond acceptors (Lipinski definition) is 3. The smallest absolute Gasteiger partial charge is 0.0387 e. The molecule has 0 unspecified atom stereocenters. The van der Waals surface area contributed by atoms with Crippen LogP contribution >= 0.6 is 24.4 Å². The summed E-state index contributed by atoms with van der Waals surface area (Å²) in [6.45, 7) is 1.00. The van der Waals surface area contributed by atoms with Crippen LogP contribution in [-0.2, 0) is 6.42 Å². The Morgan fingerprint density at radius 1 is 1.31 bits per heavy atom. The Morgan fingerprint density at radius 2 is 2.00 bits per heavy atom. The van der Waals surface area contributed by atoms with E-state index < -0.39 is 0 Å². The Hall–Kier alpha value is -0.120. The zero-order chi connectivity index (χ0) is 9.52. The highest BCUT2D eigenvalue weighted by atomic mass is 32.2. The molecule has 0 aliphatic heterocycles. The van der Waals surface area contributed by atoms with Crippen molar-refractivity contribution in [3.63, 3.8) is 0 Å². The predicted octanol–water partition coefficient (Wildman–Crippen LogP) is 2.43. The van der Waals surface area contributed by atoms with E-state index in [1.54, 1.807) is 11.8 Å². The van der Waals surface area contributed by atoms with E-state index in [2.05, 4.69) is 48.5 Å². The number of rotatable bonds is 5. The Labute approximate surface area is 89.7 Å². The van der Waals surface area contributed by atoms with Gasteiger partial charge in [-0.1, -0.05) is 12.1 Å². The van der Waals surface area contributed by atoms with Gasteiger partial charge in [-0.15, -0.1) is 11.8 Å². The van der Waals surface area contributed by atoms with Crippen molar-refractivity contribution in [2.24, 2.45) is 0 Å². The van der Waals surface area contributed by atoms with Crippen LogP contribution in [0.3, 0.4) is 0 Å². The van der Waals surface area contributed by atoms with Gasteiger partial charge in [-0.25, -0.2) is 0 Å². The van der Waals surface area contributed by atoms with E-state index in [1.807, 2.05) is 0 Å². The summed E-state index contributed by atoms with van der Waals surface area (Å²) >= 11 is 5.86. The van der Waals surface area contributed by atoms with E-state index in [9.17, 15) is 0 Å². The minimum absolute atomic E-state index is 0.753. The van der Waals surface area contributed by atoms with Gasteiger partial charge in [-0.3, -0.25) is 0 Å². The van der Waals surface area contributed by atoms with Crippen molar-refractivity contribution < 1.29 is 0 Å². The van der Waals surface area contributed by atoms with Crippen molar-refractivity contribution in [2.75, 3.05) is 18.7 Å². The van der Waals surface area contributed by atoms with Gasteiger partial charge in [0.05, 0.1) is 0 Å². The minimum atomic E-state index is 0.753. The van der Waals surface area contributed by atoms with Gasteiger partial charge >= 0.3 is 0 Å². The molecule has 0 saturated heterocycles. The van der Waals surface area contributed by atoms with Crippen LogP contribution in [0.1, 0.15) is 5.56 Å². The van der Waals surface area contributed by atoms with E-state index in [0.29, 0.717) is 0 Å². The molecule has 0 aliphatic carbocycles. The van der Waals surface area contributed by atoms with Gasteiger partial charge in [0.25, 0.3) is 0 Å². The van der Waals surface area contributed by atoms with Crippen molar-refractivity contribution in [3.05, 3.63) is 29.8 Å². The summed E-state index contributed by atoms with van der Waals surface area (Å²) in [5.41, 5.74) is 1.38. The molecule has 0 fully saturated rings. The van der Waals surface area contributed by atoms with Gasteiger partial charge in [0, 0.05) is 10.8 Å². The SMILES string of the molecule is CSc1ccc(CCNCS)cc1. The second kappa shape index (κ2) is 6.35. The Morgan fingerprint density at radius 3 is 2.54 bits per heavy atom. The molecule has 72 valence electrons. The number of benzene rings is 1. The normalized spacial score (nSPS) is 10.3. The summed E-state index contributed by atoms with van der Waals surface area (Å²) in [6.07, 6.45) is 3.17. The van der Waals surface area contributed by atoms with Crippen molar-refractivity contribution >= 4 is 24.4 Å². The summed E-state index contributed by atoms with van der Waals surface area (Å²) in [5.74, 6) is 0.753. The van der Waals surface area contributed by atoms with E-state index in [4.69, 9.17) is 0 Å². The van der Waals surface area contributed by atoms with Gasteiger partial charge in [-0.05, 0) is 36.9 Å². The Kier molecular flexibility index (Phi) is 5.35. The molecule has 0 spiro atoms. The first-order valence-electron chi connectivity index (χ1n) is 4.31. The molecule has 1 aromatic rings. The first-order chi connectivity index (χ1) is 6.36. The molecule has 0 saturated carbocycles. The van der Waals surface area contributed by atoms with Crippen LogP contribution in [0.2, 0.25) is 0 Å². The highest BCUT2D eigenvalue weighted by molar-refractivity contribution is 7.98. The molecule has 1 aromatic carbocycles. The minimum Gasteiger partial charge on any atom is -0.308 e. The highest BCUT2D eigenvalue weighted by Gasteiger charge is 1.92. The molecule has 0 aliphatic rings. The molecule has 13 heavy (non-hydrogen) atoms. The molecule has 0 amide bonds. The fraction of sp³-hybridized carbons (Fsp3) is 0.400. The second-order valence-electron chi connectivity index (χ2n) is 2.76. The highest BCUT2D eigenvalue weighted by Crippen LogP contribution is 2.14. The lowest BCUT2D eigenvalue weighted by Gasteiger charge is -2.02. The van der Waals surface area contributed by atoms with E-state index in [1.165, 1.54) is 10.5 Å². The number of hydrogen-bond donors (Lipinski definition) is 2. The Balaban J connectivity index is 2.40. The molecule has 0 aromatic heterocycles. The third kappa shape index (κ3) is 4.07. The van der Waals surface area contributed by atoms with E-state index in [-0.39, 0.29) is 0 Å². The van der Waals surface area contributed by atoms with Gasteiger partial charge in [0.2, 0.25) is 0 Å². The molecular weight excluding hydrogens is 198 g/mol. The van der Waals surface area contributed by atoms with E-state index in [0.717, 1.165) is 18.8 Å². The maximum Gasteiger partial charge on any atom is 0.0387 e. The number of thioether (sulfide) groups is 1. The molecule has 3 heteroatoms. The van der Waals surface area contributed by atoms with Crippen LogP contribution in [0, 0.1) is 0 Å². The fourth-order valence-electron chi connectivity index (χ4n) is 1.10. The van der Waals surface area contributed by atoms with Gasteiger partial charge < -0.3 is 5.32 Å². The molecule has 0 atom stereocenters. The third-order valence-electron chi connectivity index (χ3n) is 1.86. The van der Waals surface area contributed by atoms with Gasteiger partial charge in [-0.2, -0.15) is 12.6 Å².